The van der Waals surface area contributed by atoms with Crippen LogP contribution in [0.5, 0.6) is 0 Å². The van der Waals surface area contributed by atoms with Gasteiger partial charge in [0.1, 0.15) is 18.0 Å². The van der Waals surface area contributed by atoms with Gasteiger partial charge in [0, 0.05) is 45.3 Å². The van der Waals surface area contributed by atoms with Gasteiger partial charge in [-0.15, -0.1) is 0 Å². The molecule has 5 nitrogen and oxygen atoms in total. The van der Waals surface area contributed by atoms with Crippen LogP contribution >= 0.6 is 0 Å². The molecule has 0 unspecified atom stereocenters. The summed E-state index contributed by atoms with van der Waals surface area (Å²) >= 11 is 0. The molecule has 2 rings (SSSR count). The Balaban J connectivity index is 2.01. The molecule has 1 aliphatic heterocycles. The molecular weight excluding hydrogens is 238 g/mol. The minimum absolute atomic E-state index is 0.739. The Morgan fingerprint density at radius 2 is 1.89 bits per heavy atom. The van der Waals surface area contributed by atoms with Crippen LogP contribution in [0.1, 0.15) is 19.4 Å². The molecule has 0 aliphatic carbocycles. The van der Waals surface area contributed by atoms with E-state index < -0.39 is 0 Å². The number of aromatic nitrogens is 2. The van der Waals surface area contributed by atoms with Crippen LogP contribution in [0.15, 0.2) is 6.33 Å². The minimum Gasteiger partial charge on any atom is -0.373 e. The molecule has 1 saturated heterocycles. The molecule has 0 saturated carbocycles. The second-order valence-electron chi connectivity index (χ2n) is 5.60. The maximum atomic E-state index is 4.45. The van der Waals surface area contributed by atoms with Crippen LogP contribution in [-0.4, -0.2) is 54.6 Å². The lowest BCUT2D eigenvalue weighted by Crippen LogP contribution is -2.48. The number of anilines is 2. The van der Waals surface area contributed by atoms with Crippen molar-refractivity contribution < 1.29 is 0 Å². The van der Waals surface area contributed by atoms with Gasteiger partial charge in [0.25, 0.3) is 0 Å². The average Bonchev–Trinajstić information content (AvgIpc) is 2.39. The summed E-state index contributed by atoms with van der Waals surface area (Å²) in [4.78, 5) is 13.6. The highest BCUT2D eigenvalue weighted by atomic mass is 15.3. The minimum atomic E-state index is 0.739. The lowest BCUT2D eigenvalue weighted by molar-refractivity contribution is 0.231. The van der Waals surface area contributed by atoms with Gasteiger partial charge in [-0.2, -0.15) is 0 Å². The van der Waals surface area contributed by atoms with E-state index in [0.29, 0.717) is 0 Å². The first kappa shape index (κ1) is 14.1. The third-order valence-corrected chi connectivity index (χ3v) is 3.59. The monoisotopic (exact) mass is 263 g/mol. The summed E-state index contributed by atoms with van der Waals surface area (Å²) in [5.41, 5.74) is 1.14. The average molecular weight is 263 g/mol. The molecule has 0 bridgehead atoms. The van der Waals surface area contributed by atoms with E-state index in [1.807, 2.05) is 7.05 Å². The maximum absolute atomic E-state index is 4.45. The van der Waals surface area contributed by atoms with Gasteiger partial charge in [-0.1, -0.05) is 13.8 Å². The van der Waals surface area contributed by atoms with Crippen molar-refractivity contribution in [3.05, 3.63) is 11.9 Å². The second kappa shape index (κ2) is 6.19. The Morgan fingerprint density at radius 1 is 1.21 bits per heavy atom. The summed E-state index contributed by atoms with van der Waals surface area (Å²) in [6.07, 6.45) is 1.65. The van der Waals surface area contributed by atoms with E-state index in [1.54, 1.807) is 6.33 Å². The van der Waals surface area contributed by atoms with Crippen LogP contribution < -0.4 is 10.2 Å². The predicted octanol–water partition coefficient (Wildman–Crippen LogP) is 1.60. The van der Waals surface area contributed by atoms with Crippen LogP contribution in [0.25, 0.3) is 0 Å². The first-order chi connectivity index (χ1) is 9.11. The molecule has 1 aromatic heterocycles. The third kappa shape index (κ3) is 3.35. The molecule has 0 aromatic carbocycles. The van der Waals surface area contributed by atoms with Gasteiger partial charge in [-0.05, 0) is 12.8 Å². The lowest BCUT2D eigenvalue weighted by atomic mass is 10.2. The molecule has 1 N–H and O–H groups in total. The van der Waals surface area contributed by atoms with E-state index in [1.165, 1.54) is 6.54 Å². The highest BCUT2D eigenvalue weighted by Gasteiger charge is 2.20. The number of hydrogen-bond donors (Lipinski definition) is 1. The van der Waals surface area contributed by atoms with Gasteiger partial charge in [0.15, 0.2) is 0 Å². The number of hydrogen-bond acceptors (Lipinski definition) is 5. The van der Waals surface area contributed by atoms with Gasteiger partial charge < -0.3 is 10.2 Å². The van der Waals surface area contributed by atoms with Crippen molar-refractivity contribution >= 4 is 11.6 Å². The molecule has 5 heteroatoms. The zero-order valence-corrected chi connectivity index (χ0v) is 12.5. The Labute approximate surface area is 116 Å². The summed E-state index contributed by atoms with van der Waals surface area (Å²) < 4.78 is 0. The molecule has 0 atom stereocenters. The van der Waals surface area contributed by atoms with Gasteiger partial charge in [0.2, 0.25) is 0 Å². The smallest absolute Gasteiger partial charge is 0.137 e. The number of nitrogens with one attached hydrogen (secondary N) is 1. The number of rotatable bonds is 4. The topological polar surface area (TPSA) is 44.3 Å². The Hall–Kier alpha value is -1.36. The molecule has 0 radical (unpaired) electrons. The quantitative estimate of drug-likeness (QED) is 0.894. The largest absolute Gasteiger partial charge is 0.373 e. The van der Waals surface area contributed by atoms with E-state index in [-0.39, 0.29) is 0 Å². The van der Waals surface area contributed by atoms with E-state index in [0.717, 1.165) is 49.3 Å². The summed E-state index contributed by atoms with van der Waals surface area (Å²) in [6, 6.07) is 0. The fraction of sp³-hybridized carbons (Fsp3) is 0.714. The molecule has 1 aliphatic rings. The van der Waals surface area contributed by atoms with E-state index in [4.69, 9.17) is 0 Å². The fourth-order valence-electron chi connectivity index (χ4n) is 2.67. The van der Waals surface area contributed by atoms with Crippen LogP contribution in [-0.2, 0) is 0 Å². The number of piperazine rings is 1. The van der Waals surface area contributed by atoms with E-state index >= 15 is 0 Å². The third-order valence-electron chi connectivity index (χ3n) is 3.59. The molecule has 1 aromatic rings. The van der Waals surface area contributed by atoms with Gasteiger partial charge in [-0.3, -0.25) is 4.90 Å². The fourth-order valence-corrected chi connectivity index (χ4v) is 2.67. The van der Waals surface area contributed by atoms with Crippen LogP contribution in [0.2, 0.25) is 0 Å². The van der Waals surface area contributed by atoms with Gasteiger partial charge in [0.05, 0.1) is 0 Å². The second-order valence-corrected chi connectivity index (χ2v) is 5.60. The van der Waals surface area contributed by atoms with Crippen LogP contribution in [0.4, 0.5) is 11.6 Å². The summed E-state index contributed by atoms with van der Waals surface area (Å²) in [6.45, 7) is 12.2. The van der Waals surface area contributed by atoms with Crippen LogP contribution in [0.3, 0.4) is 0 Å². The van der Waals surface area contributed by atoms with Gasteiger partial charge >= 0.3 is 0 Å². The molecule has 2 heterocycles. The Bertz CT molecular complexity index is 410. The zero-order valence-electron chi connectivity index (χ0n) is 12.5. The standard InChI is InChI=1S/C14H25N5/c1-11(2)9-18-5-7-19(8-6-18)14-12(3)13(15-4)16-10-17-14/h10-11H,5-9H2,1-4H3,(H,15,16,17). The van der Waals surface area contributed by atoms with Crippen molar-refractivity contribution in [2.24, 2.45) is 5.92 Å². The summed E-state index contributed by atoms with van der Waals surface area (Å²) in [7, 11) is 1.90. The molecule has 0 spiro atoms. The van der Waals surface area contributed by atoms with Crippen molar-refractivity contribution in [1.29, 1.82) is 0 Å². The molecular formula is C14H25N5. The Kier molecular flexibility index (Phi) is 4.58. The normalized spacial score (nSPS) is 17.0. The first-order valence-corrected chi connectivity index (χ1v) is 7.08. The van der Waals surface area contributed by atoms with Crippen molar-refractivity contribution in [2.75, 3.05) is 50.0 Å². The van der Waals surface area contributed by atoms with Crippen molar-refractivity contribution in [2.45, 2.75) is 20.8 Å². The molecule has 106 valence electrons. The van der Waals surface area contributed by atoms with Crippen molar-refractivity contribution in [1.82, 2.24) is 14.9 Å². The predicted molar refractivity (Wildman–Crippen MR) is 79.8 cm³/mol. The highest BCUT2D eigenvalue weighted by Crippen LogP contribution is 2.22. The van der Waals surface area contributed by atoms with Crippen molar-refractivity contribution in [3.63, 3.8) is 0 Å². The zero-order chi connectivity index (χ0) is 13.8. The highest BCUT2D eigenvalue weighted by molar-refractivity contribution is 5.57. The van der Waals surface area contributed by atoms with E-state index in [2.05, 4.69) is 45.9 Å². The van der Waals surface area contributed by atoms with E-state index in [9.17, 15) is 0 Å². The molecule has 1 fully saturated rings. The summed E-state index contributed by atoms with van der Waals surface area (Å²) in [5.74, 6) is 2.74. The molecule has 19 heavy (non-hydrogen) atoms. The van der Waals surface area contributed by atoms with Crippen LogP contribution in [0, 0.1) is 12.8 Å². The lowest BCUT2D eigenvalue weighted by Gasteiger charge is -2.36. The van der Waals surface area contributed by atoms with Crippen molar-refractivity contribution in [3.8, 4) is 0 Å². The molecule has 0 amide bonds. The first-order valence-electron chi connectivity index (χ1n) is 7.08. The maximum Gasteiger partial charge on any atom is 0.137 e. The Morgan fingerprint density at radius 3 is 2.47 bits per heavy atom. The number of nitrogens with zero attached hydrogens (tertiary/aromatic N) is 4. The SMILES string of the molecule is CNc1ncnc(N2CCN(CC(C)C)CC2)c1C. The van der Waals surface area contributed by atoms with Gasteiger partial charge in [-0.25, -0.2) is 9.97 Å². The summed E-state index contributed by atoms with van der Waals surface area (Å²) in [5, 5.41) is 3.12.